The maximum absolute atomic E-state index is 13.3. The van der Waals surface area contributed by atoms with Crippen molar-refractivity contribution in [2.75, 3.05) is 6.54 Å². The van der Waals surface area contributed by atoms with Gasteiger partial charge in [-0.25, -0.2) is 12.8 Å². The Balaban J connectivity index is 1.98. The number of hydrogen-bond acceptors (Lipinski definition) is 4. The lowest BCUT2D eigenvalue weighted by atomic mass is 10.1. The molecular formula is C14H15FN2O3S. The van der Waals surface area contributed by atoms with Crippen LogP contribution < -0.4 is 0 Å². The summed E-state index contributed by atoms with van der Waals surface area (Å²) in [5.41, 5.74) is 0.602. The van der Waals surface area contributed by atoms with Gasteiger partial charge in [-0.1, -0.05) is 11.2 Å². The van der Waals surface area contributed by atoms with E-state index in [1.807, 2.05) is 0 Å². The molecule has 1 aromatic carbocycles. The maximum Gasteiger partial charge on any atom is 0.243 e. The van der Waals surface area contributed by atoms with Gasteiger partial charge in [-0.15, -0.1) is 0 Å². The van der Waals surface area contributed by atoms with Gasteiger partial charge in [0.1, 0.15) is 17.3 Å². The highest BCUT2D eigenvalue weighted by Gasteiger charge is 2.37. The summed E-state index contributed by atoms with van der Waals surface area (Å²) >= 11 is 0. The predicted molar refractivity (Wildman–Crippen MR) is 73.5 cm³/mol. The Morgan fingerprint density at radius 3 is 2.86 bits per heavy atom. The molecule has 21 heavy (non-hydrogen) atoms. The van der Waals surface area contributed by atoms with Crippen LogP contribution in [0.15, 0.2) is 39.8 Å². The fraction of sp³-hybridized carbons (Fsp3) is 0.357. The van der Waals surface area contributed by atoms with E-state index in [4.69, 9.17) is 4.52 Å². The predicted octanol–water partition coefficient (Wildman–Crippen LogP) is 2.65. The van der Waals surface area contributed by atoms with Gasteiger partial charge in [0.25, 0.3) is 0 Å². The van der Waals surface area contributed by atoms with Gasteiger partial charge in [0, 0.05) is 12.6 Å². The zero-order valence-electron chi connectivity index (χ0n) is 11.5. The number of nitrogens with zero attached hydrogens (tertiary/aromatic N) is 2. The highest BCUT2D eigenvalue weighted by molar-refractivity contribution is 7.89. The molecule has 5 nitrogen and oxygen atoms in total. The zero-order valence-corrected chi connectivity index (χ0v) is 12.3. The van der Waals surface area contributed by atoms with Crippen molar-refractivity contribution < 1.29 is 17.3 Å². The van der Waals surface area contributed by atoms with E-state index < -0.39 is 15.8 Å². The minimum Gasteiger partial charge on any atom is -0.361 e. The fourth-order valence-electron chi connectivity index (χ4n) is 2.63. The molecule has 0 radical (unpaired) electrons. The summed E-state index contributed by atoms with van der Waals surface area (Å²) in [7, 11) is -3.74. The van der Waals surface area contributed by atoms with Crippen LogP contribution in [-0.2, 0) is 10.0 Å². The van der Waals surface area contributed by atoms with Crippen molar-refractivity contribution in [3.63, 3.8) is 0 Å². The average molecular weight is 310 g/mol. The molecule has 7 heteroatoms. The van der Waals surface area contributed by atoms with Crippen LogP contribution in [0.3, 0.4) is 0 Å². The fourth-order valence-corrected chi connectivity index (χ4v) is 4.33. The Labute approximate surface area is 122 Å². The lowest BCUT2D eigenvalue weighted by Gasteiger charge is -2.22. The second-order valence-electron chi connectivity index (χ2n) is 5.09. The zero-order chi connectivity index (χ0) is 15.0. The molecule has 1 atom stereocenters. The van der Waals surface area contributed by atoms with Crippen LogP contribution in [0.4, 0.5) is 4.39 Å². The Morgan fingerprint density at radius 2 is 2.19 bits per heavy atom. The molecule has 1 aliphatic rings. The second kappa shape index (κ2) is 5.23. The Hall–Kier alpha value is -1.73. The van der Waals surface area contributed by atoms with Gasteiger partial charge in [-0.05, 0) is 38.0 Å². The van der Waals surface area contributed by atoms with Gasteiger partial charge in [-0.2, -0.15) is 4.31 Å². The van der Waals surface area contributed by atoms with Crippen LogP contribution in [0.1, 0.15) is 30.3 Å². The highest BCUT2D eigenvalue weighted by atomic mass is 32.2. The van der Waals surface area contributed by atoms with Crippen LogP contribution in [-0.4, -0.2) is 24.4 Å². The van der Waals surface area contributed by atoms with E-state index in [-0.39, 0.29) is 10.9 Å². The molecule has 1 saturated heterocycles. The van der Waals surface area contributed by atoms with E-state index in [2.05, 4.69) is 5.16 Å². The van der Waals surface area contributed by atoms with E-state index in [0.29, 0.717) is 24.4 Å². The Kier molecular flexibility index (Phi) is 3.54. The normalized spacial score (nSPS) is 20.0. The molecule has 3 rings (SSSR count). The average Bonchev–Trinajstić information content (AvgIpc) is 3.07. The van der Waals surface area contributed by atoms with E-state index in [1.54, 1.807) is 13.0 Å². The number of rotatable bonds is 3. The molecule has 2 aromatic rings. The number of aryl methyl sites for hydroxylation is 1. The van der Waals surface area contributed by atoms with Crippen LogP contribution in [0.2, 0.25) is 0 Å². The molecular weight excluding hydrogens is 295 g/mol. The third kappa shape index (κ3) is 2.58. The molecule has 0 spiro atoms. The summed E-state index contributed by atoms with van der Waals surface area (Å²) in [4.78, 5) is -0.0328. The van der Waals surface area contributed by atoms with Crippen molar-refractivity contribution in [3.05, 3.63) is 47.6 Å². The van der Waals surface area contributed by atoms with Crippen molar-refractivity contribution in [2.24, 2.45) is 0 Å². The van der Waals surface area contributed by atoms with Gasteiger partial charge < -0.3 is 4.52 Å². The summed E-state index contributed by atoms with van der Waals surface area (Å²) in [6, 6.07) is 6.45. The third-order valence-electron chi connectivity index (χ3n) is 3.59. The SMILES string of the molecule is Cc1cc([C@H]2CCCN2S(=O)(=O)c2cccc(F)c2)no1. The standard InChI is InChI=1S/C14H15FN2O3S/c1-10-8-13(16-20-10)14-6-3-7-17(14)21(18,19)12-5-2-4-11(15)9-12/h2,4-5,8-9,14H,3,6-7H2,1H3/t14-/m1/s1. The molecule has 1 fully saturated rings. The van der Waals surface area contributed by atoms with Crippen LogP contribution in [0.25, 0.3) is 0 Å². The molecule has 0 bridgehead atoms. The first-order chi connectivity index (χ1) is 9.98. The largest absolute Gasteiger partial charge is 0.361 e. The molecule has 112 valence electrons. The second-order valence-corrected chi connectivity index (χ2v) is 6.98. The number of halogens is 1. The summed E-state index contributed by atoms with van der Waals surface area (Å²) in [6.45, 7) is 2.16. The van der Waals surface area contributed by atoms with E-state index >= 15 is 0 Å². The summed E-state index contributed by atoms with van der Waals surface area (Å²) in [6.07, 6.45) is 1.42. The molecule has 1 aliphatic heterocycles. The first-order valence-corrected chi connectivity index (χ1v) is 8.13. The smallest absolute Gasteiger partial charge is 0.243 e. The topological polar surface area (TPSA) is 63.4 Å². The molecule has 0 aliphatic carbocycles. The molecule has 1 aromatic heterocycles. The number of sulfonamides is 1. The quantitative estimate of drug-likeness (QED) is 0.874. The van der Waals surface area contributed by atoms with Gasteiger partial charge in [-0.3, -0.25) is 0 Å². The Morgan fingerprint density at radius 1 is 1.38 bits per heavy atom. The van der Waals surface area contributed by atoms with Gasteiger partial charge in [0.2, 0.25) is 10.0 Å². The van der Waals surface area contributed by atoms with Crippen LogP contribution in [0.5, 0.6) is 0 Å². The van der Waals surface area contributed by atoms with Gasteiger partial charge in [0.05, 0.1) is 10.9 Å². The lowest BCUT2D eigenvalue weighted by molar-refractivity contribution is 0.349. The molecule has 0 unspecified atom stereocenters. The van der Waals surface area contributed by atoms with Crippen LogP contribution in [0, 0.1) is 12.7 Å². The van der Waals surface area contributed by atoms with E-state index in [0.717, 1.165) is 12.5 Å². The number of benzene rings is 1. The van der Waals surface area contributed by atoms with E-state index in [1.165, 1.54) is 22.5 Å². The first kappa shape index (κ1) is 14.2. The summed E-state index contributed by atoms with van der Waals surface area (Å²) in [5.74, 6) is 0.0732. The summed E-state index contributed by atoms with van der Waals surface area (Å²) < 4.78 is 45.1. The first-order valence-electron chi connectivity index (χ1n) is 6.69. The molecule has 2 heterocycles. The van der Waals surface area contributed by atoms with Crippen LogP contribution >= 0.6 is 0 Å². The number of aromatic nitrogens is 1. The minimum absolute atomic E-state index is 0.0328. The van der Waals surface area contributed by atoms with Gasteiger partial charge >= 0.3 is 0 Å². The Bertz CT molecular complexity index is 757. The van der Waals surface area contributed by atoms with E-state index in [9.17, 15) is 12.8 Å². The van der Waals surface area contributed by atoms with Crippen molar-refractivity contribution in [1.29, 1.82) is 0 Å². The van der Waals surface area contributed by atoms with Crippen molar-refractivity contribution in [3.8, 4) is 0 Å². The number of hydrogen-bond donors (Lipinski definition) is 0. The maximum atomic E-state index is 13.3. The monoisotopic (exact) mass is 310 g/mol. The minimum atomic E-state index is -3.74. The molecule has 0 N–H and O–H groups in total. The van der Waals surface area contributed by atoms with Crippen molar-refractivity contribution in [2.45, 2.75) is 30.7 Å². The van der Waals surface area contributed by atoms with Crippen molar-refractivity contribution >= 4 is 10.0 Å². The molecule has 0 saturated carbocycles. The van der Waals surface area contributed by atoms with Crippen molar-refractivity contribution in [1.82, 2.24) is 9.46 Å². The molecule has 0 amide bonds. The lowest BCUT2D eigenvalue weighted by Crippen LogP contribution is -2.30. The highest BCUT2D eigenvalue weighted by Crippen LogP contribution is 2.36. The summed E-state index contributed by atoms with van der Waals surface area (Å²) in [5, 5.41) is 3.92. The third-order valence-corrected chi connectivity index (χ3v) is 5.50. The van der Waals surface area contributed by atoms with Gasteiger partial charge in [0.15, 0.2) is 0 Å².